The van der Waals surface area contributed by atoms with E-state index in [0.29, 0.717) is 0 Å². The molecule has 0 unspecified atom stereocenters. The van der Waals surface area contributed by atoms with Crippen molar-refractivity contribution in [2.75, 3.05) is 26.2 Å². The second-order valence-electron chi connectivity index (χ2n) is 6.92. The first-order valence-electron chi connectivity index (χ1n) is 10.4. The summed E-state index contributed by atoms with van der Waals surface area (Å²) < 4.78 is 0. The highest BCUT2D eigenvalue weighted by molar-refractivity contribution is 4.51. The second kappa shape index (κ2) is 21.9. The fourth-order valence-corrected chi connectivity index (χ4v) is 3.07. The largest absolute Gasteiger partial charge is 0.395 e. The van der Waals surface area contributed by atoms with Crippen LogP contribution < -0.4 is 11.1 Å². The molecule has 0 bridgehead atoms. The molecule has 0 spiro atoms. The first-order chi connectivity index (χ1) is 11.4. The molecule has 0 aromatic carbocycles. The topological polar surface area (TPSA) is 58.3 Å². The Morgan fingerprint density at radius 1 is 0.478 bits per heavy atom. The molecule has 0 amide bonds. The van der Waals surface area contributed by atoms with Crippen LogP contribution in [0.15, 0.2) is 0 Å². The highest BCUT2D eigenvalue weighted by Crippen LogP contribution is 2.13. The number of hydrogen-bond acceptors (Lipinski definition) is 3. The molecular formula is C20H44N2O. The molecule has 0 saturated carbocycles. The van der Waals surface area contributed by atoms with Crippen molar-refractivity contribution in [2.45, 2.75) is 103 Å². The molecule has 4 N–H and O–H groups in total. The van der Waals surface area contributed by atoms with Gasteiger partial charge >= 0.3 is 0 Å². The lowest BCUT2D eigenvalue weighted by Gasteiger charge is -2.04. The van der Waals surface area contributed by atoms with Gasteiger partial charge in [0.2, 0.25) is 0 Å². The minimum Gasteiger partial charge on any atom is -0.395 e. The van der Waals surface area contributed by atoms with Crippen molar-refractivity contribution in [3.05, 3.63) is 0 Å². The first-order valence-corrected chi connectivity index (χ1v) is 10.4. The summed E-state index contributed by atoms with van der Waals surface area (Å²) in [5.41, 5.74) is 5.49. The van der Waals surface area contributed by atoms with Gasteiger partial charge in [-0.25, -0.2) is 0 Å². The van der Waals surface area contributed by atoms with Gasteiger partial charge in [0.15, 0.2) is 0 Å². The zero-order chi connectivity index (χ0) is 16.8. The molecule has 0 atom stereocenters. The van der Waals surface area contributed by atoms with Crippen molar-refractivity contribution in [3.63, 3.8) is 0 Å². The van der Waals surface area contributed by atoms with Crippen LogP contribution in [0.3, 0.4) is 0 Å². The van der Waals surface area contributed by atoms with Gasteiger partial charge in [-0.3, -0.25) is 0 Å². The standard InChI is InChI=1S/C20H44N2O/c21-17-15-13-11-9-7-5-3-1-2-4-6-8-10-12-14-16-18-22-19-20-23/h22-23H,1-21H2. The van der Waals surface area contributed by atoms with E-state index in [1.54, 1.807) is 0 Å². The van der Waals surface area contributed by atoms with Crippen molar-refractivity contribution >= 4 is 0 Å². The molecule has 0 saturated heterocycles. The molecule has 0 fully saturated rings. The molecule has 23 heavy (non-hydrogen) atoms. The van der Waals surface area contributed by atoms with E-state index in [4.69, 9.17) is 10.8 Å². The summed E-state index contributed by atoms with van der Waals surface area (Å²) in [6.45, 7) is 2.93. The lowest BCUT2D eigenvalue weighted by molar-refractivity contribution is 0.292. The van der Waals surface area contributed by atoms with Crippen LogP contribution in [-0.2, 0) is 0 Å². The van der Waals surface area contributed by atoms with Gasteiger partial charge in [-0.05, 0) is 25.9 Å². The minimum atomic E-state index is 0.259. The summed E-state index contributed by atoms with van der Waals surface area (Å²) in [5, 5.41) is 11.9. The van der Waals surface area contributed by atoms with Crippen LogP contribution in [0.25, 0.3) is 0 Å². The third kappa shape index (κ3) is 21.9. The van der Waals surface area contributed by atoms with Crippen molar-refractivity contribution in [1.29, 1.82) is 0 Å². The van der Waals surface area contributed by atoms with Crippen LogP contribution in [-0.4, -0.2) is 31.3 Å². The van der Waals surface area contributed by atoms with E-state index in [1.165, 1.54) is 103 Å². The maximum Gasteiger partial charge on any atom is 0.0555 e. The average molecular weight is 329 g/mol. The number of unbranched alkanes of at least 4 members (excludes halogenated alkanes) is 15. The lowest BCUT2D eigenvalue weighted by atomic mass is 10.0. The Hall–Kier alpha value is -0.120. The summed E-state index contributed by atoms with van der Waals surface area (Å²) in [5.74, 6) is 0. The van der Waals surface area contributed by atoms with E-state index in [1.807, 2.05) is 0 Å². The Morgan fingerprint density at radius 3 is 1.17 bits per heavy atom. The Balaban J connectivity index is 2.92. The molecule has 0 aliphatic rings. The molecule has 0 radical (unpaired) electrons. The van der Waals surface area contributed by atoms with Gasteiger partial charge in [0, 0.05) is 6.54 Å². The fraction of sp³-hybridized carbons (Fsp3) is 1.00. The van der Waals surface area contributed by atoms with Crippen LogP contribution in [0.2, 0.25) is 0 Å². The molecule has 140 valence electrons. The van der Waals surface area contributed by atoms with Gasteiger partial charge in [-0.2, -0.15) is 0 Å². The van der Waals surface area contributed by atoms with Gasteiger partial charge < -0.3 is 16.2 Å². The quantitative estimate of drug-likeness (QED) is 0.282. The number of nitrogens with one attached hydrogen (secondary N) is 1. The number of aliphatic hydroxyl groups is 1. The van der Waals surface area contributed by atoms with Crippen molar-refractivity contribution in [1.82, 2.24) is 5.32 Å². The van der Waals surface area contributed by atoms with E-state index in [9.17, 15) is 0 Å². The summed E-state index contributed by atoms with van der Waals surface area (Å²) in [4.78, 5) is 0. The highest BCUT2D eigenvalue weighted by Gasteiger charge is 1.94. The molecule has 3 nitrogen and oxygen atoms in total. The minimum absolute atomic E-state index is 0.259. The summed E-state index contributed by atoms with van der Waals surface area (Å²) in [6.07, 6.45) is 22.2. The van der Waals surface area contributed by atoms with Crippen LogP contribution >= 0.6 is 0 Å². The normalized spacial score (nSPS) is 11.2. The van der Waals surface area contributed by atoms with E-state index in [-0.39, 0.29) is 6.61 Å². The van der Waals surface area contributed by atoms with Gasteiger partial charge in [0.05, 0.1) is 6.61 Å². The maximum absolute atomic E-state index is 8.64. The van der Waals surface area contributed by atoms with Crippen molar-refractivity contribution in [2.24, 2.45) is 5.73 Å². The first kappa shape index (κ1) is 22.9. The van der Waals surface area contributed by atoms with E-state index >= 15 is 0 Å². The molecule has 0 aromatic heterocycles. The molecule has 3 heteroatoms. The molecule has 0 aliphatic carbocycles. The number of nitrogens with two attached hydrogens (primary N) is 1. The van der Waals surface area contributed by atoms with Crippen LogP contribution in [0, 0.1) is 0 Å². The average Bonchev–Trinajstić information content (AvgIpc) is 2.57. The van der Waals surface area contributed by atoms with Crippen molar-refractivity contribution < 1.29 is 5.11 Å². The predicted octanol–water partition coefficient (Wildman–Crippen LogP) is 4.77. The molecule has 0 heterocycles. The van der Waals surface area contributed by atoms with E-state index in [0.717, 1.165) is 19.6 Å². The van der Waals surface area contributed by atoms with Gasteiger partial charge in [-0.1, -0.05) is 89.9 Å². The Labute approximate surface area is 145 Å². The lowest BCUT2D eigenvalue weighted by Crippen LogP contribution is -2.19. The van der Waals surface area contributed by atoms with Crippen LogP contribution in [0.5, 0.6) is 0 Å². The van der Waals surface area contributed by atoms with Gasteiger partial charge in [-0.15, -0.1) is 0 Å². The Kier molecular flexibility index (Phi) is 21.8. The summed E-state index contributed by atoms with van der Waals surface area (Å²) in [6, 6.07) is 0. The molecule has 0 rings (SSSR count). The van der Waals surface area contributed by atoms with E-state index in [2.05, 4.69) is 5.32 Å². The van der Waals surface area contributed by atoms with Gasteiger partial charge in [0.1, 0.15) is 0 Å². The molecule has 0 aromatic rings. The SMILES string of the molecule is NCCCCCCCCCCCCCCCCCCNCCO. The number of aliphatic hydroxyl groups excluding tert-OH is 1. The Morgan fingerprint density at radius 2 is 0.826 bits per heavy atom. The third-order valence-electron chi connectivity index (χ3n) is 4.60. The maximum atomic E-state index is 8.64. The Bertz CT molecular complexity index is 180. The highest BCUT2D eigenvalue weighted by atomic mass is 16.3. The smallest absolute Gasteiger partial charge is 0.0555 e. The monoisotopic (exact) mass is 328 g/mol. The van der Waals surface area contributed by atoms with Crippen molar-refractivity contribution in [3.8, 4) is 0 Å². The molecular weight excluding hydrogens is 284 g/mol. The summed E-state index contributed by atoms with van der Waals surface area (Å²) >= 11 is 0. The fourth-order valence-electron chi connectivity index (χ4n) is 3.07. The summed E-state index contributed by atoms with van der Waals surface area (Å²) in [7, 11) is 0. The zero-order valence-electron chi connectivity index (χ0n) is 15.7. The number of hydrogen-bond donors (Lipinski definition) is 3. The third-order valence-corrected chi connectivity index (χ3v) is 4.60. The van der Waals surface area contributed by atoms with Gasteiger partial charge in [0.25, 0.3) is 0 Å². The van der Waals surface area contributed by atoms with Crippen LogP contribution in [0.4, 0.5) is 0 Å². The molecule has 0 aliphatic heterocycles. The predicted molar refractivity (Wildman–Crippen MR) is 103 cm³/mol. The second-order valence-corrected chi connectivity index (χ2v) is 6.92. The van der Waals surface area contributed by atoms with Crippen LogP contribution in [0.1, 0.15) is 103 Å². The van der Waals surface area contributed by atoms with E-state index < -0.39 is 0 Å². The zero-order valence-corrected chi connectivity index (χ0v) is 15.7. The number of rotatable bonds is 20.